The number of nitriles is 1. The number of hydrogen-bond donors (Lipinski definition) is 0. The van der Waals surface area contributed by atoms with Gasteiger partial charge in [-0.3, -0.25) is 0 Å². The zero-order valence-corrected chi connectivity index (χ0v) is 13.6. The van der Waals surface area contributed by atoms with E-state index < -0.39 is 5.41 Å². The number of carbonyl (C=O) groups excluding carboxylic acids is 1. The van der Waals surface area contributed by atoms with Crippen molar-refractivity contribution in [1.82, 2.24) is 4.90 Å². The summed E-state index contributed by atoms with van der Waals surface area (Å²) in [5, 5.41) is 12.8. The minimum Gasteiger partial charge on any atom is -0.318 e. The Morgan fingerprint density at radius 2 is 2.38 bits per heavy atom. The molecule has 0 aromatic carbocycles. The molecule has 1 fully saturated rings. The van der Waals surface area contributed by atoms with Crippen LogP contribution in [0.2, 0.25) is 0 Å². The molecule has 21 heavy (non-hydrogen) atoms. The molecule has 5 nitrogen and oxygen atoms in total. The van der Waals surface area contributed by atoms with Crippen molar-refractivity contribution in [3.8, 4) is 6.07 Å². The highest BCUT2D eigenvalue weighted by Crippen LogP contribution is 2.40. The van der Waals surface area contributed by atoms with Crippen LogP contribution in [0, 0.1) is 28.6 Å². The van der Waals surface area contributed by atoms with Crippen LogP contribution in [0.3, 0.4) is 0 Å². The summed E-state index contributed by atoms with van der Waals surface area (Å²) in [6.07, 6.45) is 3.50. The second kappa shape index (κ2) is 8.14. The highest BCUT2D eigenvalue weighted by Gasteiger charge is 2.44. The zero-order valence-electron chi connectivity index (χ0n) is 13.6. The zero-order chi connectivity index (χ0) is 15.9. The lowest BCUT2D eigenvalue weighted by Crippen LogP contribution is -2.36. The van der Waals surface area contributed by atoms with Gasteiger partial charge in [-0.15, -0.1) is 0 Å². The molecule has 0 aliphatic carbocycles. The van der Waals surface area contributed by atoms with E-state index in [0.29, 0.717) is 12.3 Å². The summed E-state index contributed by atoms with van der Waals surface area (Å²) in [5.74, 6) is -0.0486. The van der Waals surface area contributed by atoms with E-state index in [9.17, 15) is 4.79 Å². The number of carbonyl (C=O) groups is 1. The number of hydrogen-bond acceptors (Lipinski definition) is 5. The molecular formula is C16H27N3O2. The Balaban J connectivity index is 3.00. The maximum Gasteiger partial charge on any atom is 0.341 e. The first kappa shape index (κ1) is 17.6. The molecule has 0 bridgehead atoms. The lowest BCUT2D eigenvalue weighted by atomic mass is 9.72. The second-order valence-electron chi connectivity index (χ2n) is 6.21. The van der Waals surface area contributed by atoms with Crippen LogP contribution < -0.4 is 0 Å². The molecule has 118 valence electrons. The largest absolute Gasteiger partial charge is 0.341 e. The highest BCUT2D eigenvalue weighted by atomic mass is 16.7. The lowest BCUT2D eigenvalue weighted by molar-refractivity contribution is -0.158. The molecule has 0 radical (unpaired) electrons. The Labute approximate surface area is 127 Å². The van der Waals surface area contributed by atoms with Crippen molar-refractivity contribution in [1.29, 1.82) is 5.26 Å². The Bertz CT molecular complexity index is 416. The van der Waals surface area contributed by atoms with Gasteiger partial charge in [-0.05, 0) is 52.1 Å². The molecule has 3 atom stereocenters. The maximum absolute atomic E-state index is 12.6. The Morgan fingerprint density at radius 1 is 1.67 bits per heavy atom. The Hall–Kier alpha value is -1.41. The Kier molecular flexibility index (Phi) is 6.83. The summed E-state index contributed by atoms with van der Waals surface area (Å²) in [6.45, 7) is 10.7. The standard InChI is InChI=1S/C16H27N3O2/c1-5-18-21-15(20)16(9-13(3)11-17)7-8-19(6-2)12-14(4)10-16/h5,13-14H,6-10,12H2,1-4H3. The van der Waals surface area contributed by atoms with Crippen molar-refractivity contribution in [2.24, 2.45) is 22.4 Å². The van der Waals surface area contributed by atoms with Crippen molar-refractivity contribution in [2.45, 2.75) is 47.0 Å². The fourth-order valence-corrected chi connectivity index (χ4v) is 3.31. The molecule has 1 heterocycles. The molecule has 3 unspecified atom stereocenters. The molecule has 0 amide bonds. The van der Waals surface area contributed by atoms with Crippen LogP contribution >= 0.6 is 0 Å². The van der Waals surface area contributed by atoms with Crippen LogP contribution in [0.15, 0.2) is 5.16 Å². The van der Waals surface area contributed by atoms with Crippen LogP contribution in [0.4, 0.5) is 0 Å². The van der Waals surface area contributed by atoms with E-state index in [1.165, 1.54) is 6.21 Å². The highest BCUT2D eigenvalue weighted by molar-refractivity contribution is 5.77. The lowest BCUT2D eigenvalue weighted by Gasteiger charge is -2.31. The number of nitrogens with zero attached hydrogens (tertiary/aromatic N) is 3. The van der Waals surface area contributed by atoms with E-state index in [1.807, 2.05) is 6.92 Å². The van der Waals surface area contributed by atoms with Crippen LogP contribution in [0.5, 0.6) is 0 Å². The first-order valence-electron chi connectivity index (χ1n) is 7.78. The summed E-state index contributed by atoms with van der Waals surface area (Å²) in [7, 11) is 0. The van der Waals surface area contributed by atoms with Crippen LogP contribution in [0.1, 0.15) is 47.0 Å². The SMILES string of the molecule is CC=NOC(=O)C1(CC(C)C#N)CCN(CC)CC(C)C1. The van der Waals surface area contributed by atoms with Crippen molar-refractivity contribution in [3.63, 3.8) is 0 Å². The molecule has 0 aromatic heterocycles. The topological polar surface area (TPSA) is 65.7 Å². The van der Waals surface area contributed by atoms with E-state index in [2.05, 4.69) is 30.0 Å². The molecule has 1 aliphatic rings. The maximum atomic E-state index is 12.6. The minimum atomic E-state index is -0.592. The third-order valence-electron chi connectivity index (χ3n) is 4.25. The van der Waals surface area contributed by atoms with Gasteiger partial charge in [0.25, 0.3) is 0 Å². The second-order valence-corrected chi connectivity index (χ2v) is 6.21. The fraction of sp³-hybridized carbons (Fsp3) is 0.812. The molecule has 0 N–H and O–H groups in total. The first-order valence-corrected chi connectivity index (χ1v) is 7.78. The van der Waals surface area contributed by atoms with Crippen LogP contribution in [-0.2, 0) is 9.63 Å². The predicted molar refractivity (Wildman–Crippen MR) is 82.6 cm³/mol. The summed E-state index contributed by atoms with van der Waals surface area (Å²) in [4.78, 5) is 20.0. The number of oxime groups is 1. The van der Waals surface area contributed by atoms with E-state index >= 15 is 0 Å². The average molecular weight is 293 g/mol. The Morgan fingerprint density at radius 3 is 2.95 bits per heavy atom. The van der Waals surface area contributed by atoms with Crippen molar-refractivity contribution in [3.05, 3.63) is 0 Å². The van der Waals surface area contributed by atoms with E-state index in [0.717, 1.165) is 32.5 Å². The number of likely N-dealkylation sites (tertiary alicyclic amines) is 1. The summed E-state index contributed by atoms with van der Waals surface area (Å²) < 4.78 is 0. The minimum absolute atomic E-state index is 0.163. The molecular weight excluding hydrogens is 266 g/mol. The molecule has 1 aliphatic heterocycles. The van der Waals surface area contributed by atoms with Gasteiger partial charge < -0.3 is 9.74 Å². The quantitative estimate of drug-likeness (QED) is 0.444. The smallest absolute Gasteiger partial charge is 0.318 e. The molecule has 0 saturated carbocycles. The average Bonchev–Trinajstić information content (AvgIpc) is 2.63. The monoisotopic (exact) mass is 293 g/mol. The fourth-order valence-electron chi connectivity index (χ4n) is 3.31. The summed E-state index contributed by atoms with van der Waals surface area (Å²) in [5.41, 5.74) is -0.592. The van der Waals surface area contributed by atoms with Crippen LogP contribution in [-0.4, -0.2) is 36.7 Å². The first-order chi connectivity index (χ1) is 9.97. The van der Waals surface area contributed by atoms with Gasteiger partial charge in [0.05, 0.1) is 11.5 Å². The normalized spacial score (nSPS) is 28.8. The van der Waals surface area contributed by atoms with Gasteiger partial charge in [-0.2, -0.15) is 5.26 Å². The molecule has 0 spiro atoms. The molecule has 1 rings (SSSR count). The third kappa shape index (κ3) is 4.82. The van der Waals surface area contributed by atoms with Crippen molar-refractivity contribution >= 4 is 12.2 Å². The summed E-state index contributed by atoms with van der Waals surface area (Å²) in [6, 6.07) is 2.25. The van der Waals surface area contributed by atoms with E-state index in [4.69, 9.17) is 10.1 Å². The number of rotatable bonds is 5. The van der Waals surface area contributed by atoms with Gasteiger partial charge >= 0.3 is 5.97 Å². The van der Waals surface area contributed by atoms with E-state index in [1.54, 1.807) is 6.92 Å². The third-order valence-corrected chi connectivity index (χ3v) is 4.25. The summed E-state index contributed by atoms with van der Waals surface area (Å²) >= 11 is 0. The van der Waals surface area contributed by atoms with Gasteiger partial charge in [0.1, 0.15) is 0 Å². The van der Waals surface area contributed by atoms with Gasteiger partial charge in [-0.1, -0.05) is 19.0 Å². The van der Waals surface area contributed by atoms with Crippen molar-refractivity contribution in [2.75, 3.05) is 19.6 Å². The molecule has 0 aromatic rings. The predicted octanol–water partition coefficient (Wildman–Crippen LogP) is 2.82. The van der Waals surface area contributed by atoms with Crippen molar-refractivity contribution < 1.29 is 9.63 Å². The van der Waals surface area contributed by atoms with Gasteiger partial charge in [0.2, 0.25) is 0 Å². The molecule has 1 saturated heterocycles. The van der Waals surface area contributed by atoms with Gasteiger partial charge in [-0.25, -0.2) is 4.79 Å². The molecule has 5 heteroatoms. The van der Waals surface area contributed by atoms with Gasteiger partial charge in [0, 0.05) is 18.7 Å². The van der Waals surface area contributed by atoms with Gasteiger partial charge in [0.15, 0.2) is 0 Å². The van der Waals surface area contributed by atoms with E-state index in [-0.39, 0.29) is 11.9 Å². The van der Waals surface area contributed by atoms with Crippen LogP contribution in [0.25, 0.3) is 0 Å².